The molecule has 1 fully saturated rings. The van der Waals surface area contributed by atoms with E-state index in [1.807, 2.05) is 0 Å². The summed E-state index contributed by atoms with van der Waals surface area (Å²) in [5, 5.41) is 3.19. The number of halogens is 3. The Bertz CT molecular complexity index is 914. The van der Waals surface area contributed by atoms with Gasteiger partial charge in [-0.25, -0.2) is 8.42 Å². The van der Waals surface area contributed by atoms with Crippen molar-refractivity contribution in [3.63, 3.8) is 0 Å². The van der Waals surface area contributed by atoms with Crippen LogP contribution in [0.2, 0.25) is 14.4 Å². The van der Waals surface area contributed by atoms with Crippen LogP contribution in [0.3, 0.4) is 0 Å². The molecule has 5 nitrogen and oxygen atoms in total. The molecule has 10 heteroatoms. The number of carbonyl (C=O) groups excluding carboxylic acids is 1. The first-order valence-corrected chi connectivity index (χ1v) is 10.7. The van der Waals surface area contributed by atoms with Gasteiger partial charge in [0.25, 0.3) is 10.0 Å². The van der Waals surface area contributed by atoms with Gasteiger partial charge in [0.15, 0.2) is 0 Å². The molecule has 0 spiro atoms. The molecule has 1 aromatic heterocycles. The molecule has 0 unspecified atom stereocenters. The SMILES string of the molecule is O=C(Nc1cccc(Cl)c1Cl)[C@@H]1CCCN1S(=O)(=O)c1ccc(Cl)s1. The molecular formula is C15H13Cl3N2O3S2. The standard InChI is InChI=1S/C15H13Cl3N2O3S2/c16-9-3-1-4-10(14(9)18)19-15(21)11-5-2-8-20(11)25(22,23)13-7-6-12(17)24-13/h1,3-4,6-7,11H,2,5,8H2,(H,19,21)/t11-/m0/s1. The fraction of sp³-hybridized carbons (Fsp3) is 0.267. The van der Waals surface area contributed by atoms with Crippen molar-refractivity contribution in [2.24, 2.45) is 0 Å². The highest BCUT2D eigenvalue weighted by molar-refractivity contribution is 7.91. The highest BCUT2D eigenvalue weighted by atomic mass is 35.5. The predicted molar refractivity (Wildman–Crippen MR) is 101 cm³/mol. The molecule has 1 saturated heterocycles. The molecule has 134 valence electrons. The van der Waals surface area contributed by atoms with Crippen LogP contribution in [0.5, 0.6) is 0 Å². The second-order valence-electron chi connectivity index (χ2n) is 5.42. The zero-order valence-corrected chi connectivity index (χ0v) is 16.6. The van der Waals surface area contributed by atoms with Crippen molar-refractivity contribution in [1.29, 1.82) is 0 Å². The van der Waals surface area contributed by atoms with E-state index in [0.717, 1.165) is 11.3 Å². The summed E-state index contributed by atoms with van der Waals surface area (Å²) in [6, 6.07) is 7.03. The lowest BCUT2D eigenvalue weighted by atomic mass is 10.2. The zero-order chi connectivity index (χ0) is 18.2. The average molecular weight is 440 g/mol. The summed E-state index contributed by atoms with van der Waals surface area (Å²) in [5.74, 6) is -0.437. The highest BCUT2D eigenvalue weighted by Gasteiger charge is 2.40. The maximum Gasteiger partial charge on any atom is 0.253 e. The minimum atomic E-state index is -3.78. The van der Waals surface area contributed by atoms with Crippen LogP contribution in [0.15, 0.2) is 34.5 Å². The van der Waals surface area contributed by atoms with Crippen LogP contribution in [0.25, 0.3) is 0 Å². The lowest BCUT2D eigenvalue weighted by molar-refractivity contribution is -0.119. The van der Waals surface area contributed by atoms with Crippen LogP contribution in [0, 0.1) is 0 Å². The molecule has 1 aromatic carbocycles. The number of rotatable bonds is 4. The molecule has 2 aromatic rings. The largest absolute Gasteiger partial charge is 0.323 e. The monoisotopic (exact) mass is 438 g/mol. The van der Waals surface area contributed by atoms with Crippen molar-refractivity contribution in [3.8, 4) is 0 Å². The Kier molecular flexibility index (Phi) is 5.63. The Labute approximate surface area is 164 Å². The van der Waals surface area contributed by atoms with E-state index in [-0.39, 0.29) is 15.8 Å². The number of hydrogen-bond donors (Lipinski definition) is 1. The quantitative estimate of drug-likeness (QED) is 0.762. The number of anilines is 1. The Morgan fingerprint density at radius 1 is 1.20 bits per heavy atom. The van der Waals surface area contributed by atoms with Gasteiger partial charge in [-0.2, -0.15) is 4.31 Å². The van der Waals surface area contributed by atoms with Crippen LogP contribution >= 0.6 is 46.1 Å². The first-order chi connectivity index (χ1) is 11.8. The average Bonchev–Trinajstić information content (AvgIpc) is 3.21. The normalized spacial score (nSPS) is 18.4. The second kappa shape index (κ2) is 7.42. The van der Waals surface area contributed by atoms with Crippen LogP contribution in [0.1, 0.15) is 12.8 Å². The van der Waals surface area contributed by atoms with Gasteiger partial charge in [0.05, 0.1) is 20.1 Å². The molecule has 0 bridgehead atoms. The Morgan fingerprint density at radius 2 is 1.96 bits per heavy atom. The van der Waals surface area contributed by atoms with Crippen LogP contribution in [0.4, 0.5) is 5.69 Å². The van der Waals surface area contributed by atoms with Gasteiger partial charge in [-0.05, 0) is 37.1 Å². The molecular weight excluding hydrogens is 427 g/mol. The molecule has 0 radical (unpaired) electrons. The molecule has 1 aliphatic heterocycles. The molecule has 2 heterocycles. The number of nitrogens with zero attached hydrogens (tertiary/aromatic N) is 1. The van der Waals surface area contributed by atoms with Crippen molar-refractivity contribution in [3.05, 3.63) is 44.7 Å². The van der Waals surface area contributed by atoms with E-state index >= 15 is 0 Å². The molecule has 1 amide bonds. The maximum atomic E-state index is 12.8. The van der Waals surface area contributed by atoms with Crippen LogP contribution < -0.4 is 5.32 Å². The summed E-state index contributed by atoms with van der Waals surface area (Å²) in [7, 11) is -3.78. The third kappa shape index (κ3) is 3.82. The minimum Gasteiger partial charge on any atom is -0.323 e. The van der Waals surface area contributed by atoms with E-state index in [0.29, 0.717) is 27.9 Å². The summed E-state index contributed by atoms with van der Waals surface area (Å²) in [6.45, 7) is 0.277. The van der Waals surface area contributed by atoms with Crippen molar-refractivity contribution in [1.82, 2.24) is 4.31 Å². The third-order valence-corrected chi connectivity index (χ3v) is 8.25. The number of amides is 1. The van der Waals surface area contributed by atoms with Gasteiger partial charge < -0.3 is 5.32 Å². The molecule has 25 heavy (non-hydrogen) atoms. The van der Waals surface area contributed by atoms with Gasteiger partial charge in [-0.3, -0.25) is 4.79 Å². The fourth-order valence-corrected chi connectivity index (χ4v) is 6.27. The number of hydrogen-bond acceptors (Lipinski definition) is 4. The number of nitrogens with one attached hydrogen (secondary N) is 1. The lowest BCUT2D eigenvalue weighted by Gasteiger charge is -2.23. The molecule has 1 aliphatic rings. The highest BCUT2D eigenvalue weighted by Crippen LogP contribution is 2.34. The molecule has 3 rings (SSSR count). The summed E-state index contributed by atoms with van der Waals surface area (Å²) < 4.78 is 27.3. The summed E-state index contributed by atoms with van der Waals surface area (Å²) in [4.78, 5) is 12.6. The predicted octanol–water partition coefficient (Wildman–Crippen LogP) is 4.50. The van der Waals surface area contributed by atoms with Gasteiger partial charge in [0.1, 0.15) is 10.3 Å². The molecule has 1 N–H and O–H groups in total. The van der Waals surface area contributed by atoms with Gasteiger partial charge in [-0.1, -0.05) is 40.9 Å². The fourth-order valence-electron chi connectivity index (χ4n) is 2.66. The summed E-state index contributed by atoms with van der Waals surface area (Å²) in [6.07, 6.45) is 1.03. The lowest BCUT2D eigenvalue weighted by Crippen LogP contribution is -2.42. The first kappa shape index (κ1) is 18.9. The van der Waals surface area contributed by atoms with Gasteiger partial charge in [0.2, 0.25) is 5.91 Å². The van der Waals surface area contributed by atoms with Gasteiger partial charge in [0, 0.05) is 6.54 Å². The van der Waals surface area contributed by atoms with E-state index in [1.54, 1.807) is 18.2 Å². The number of sulfonamides is 1. The number of thiophene rings is 1. The smallest absolute Gasteiger partial charge is 0.253 e. The molecule has 1 atom stereocenters. The third-order valence-electron chi connectivity index (χ3n) is 3.83. The minimum absolute atomic E-state index is 0.123. The van der Waals surface area contributed by atoms with Gasteiger partial charge >= 0.3 is 0 Å². The van der Waals surface area contributed by atoms with Crippen molar-refractivity contribution >= 4 is 67.8 Å². The van der Waals surface area contributed by atoms with E-state index in [1.165, 1.54) is 16.4 Å². The maximum absolute atomic E-state index is 12.8. The van der Waals surface area contributed by atoms with E-state index in [4.69, 9.17) is 34.8 Å². The van der Waals surface area contributed by atoms with Crippen molar-refractivity contribution in [2.45, 2.75) is 23.1 Å². The topological polar surface area (TPSA) is 66.5 Å². The van der Waals surface area contributed by atoms with E-state index < -0.39 is 22.0 Å². The van der Waals surface area contributed by atoms with Crippen molar-refractivity contribution < 1.29 is 13.2 Å². The first-order valence-electron chi connectivity index (χ1n) is 7.33. The second-order valence-corrected chi connectivity index (χ2v) is 10.0. The van der Waals surface area contributed by atoms with Crippen molar-refractivity contribution in [2.75, 3.05) is 11.9 Å². The van der Waals surface area contributed by atoms with E-state index in [9.17, 15) is 13.2 Å². The van der Waals surface area contributed by atoms with Crippen LogP contribution in [-0.4, -0.2) is 31.2 Å². The molecule has 0 aliphatic carbocycles. The van der Waals surface area contributed by atoms with E-state index in [2.05, 4.69) is 5.32 Å². The Hall–Kier alpha value is -0.830. The Morgan fingerprint density at radius 3 is 2.64 bits per heavy atom. The zero-order valence-electron chi connectivity index (χ0n) is 12.7. The summed E-state index contributed by atoms with van der Waals surface area (Å²) >= 11 is 18.8. The number of benzene rings is 1. The van der Waals surface area contributed by atoms with Gasteiger partial charge in [-0.15, -0.1) is 11.3 Å². The summed E-state index contributed by atoms with van der Waals surface area (Å²) in [5.41, 5.74) is 0.350. The van der Waals surface area contributed by atoms with Crippen LogP contribution in [-0.2, 0) is 14.8 Å². The Balaban J connectivity index is 1.84. The number of carbonyl (C=O) groups is 1. The molecule has 0 saturated carbocycles.